The normalized spacial score (nSPS) is 44.0. The molecule has 1 heterocycles. The Hall–Kier alpha value is -2.14. The Balaban J connectivity index is 1.06. The number of anilines is 2. The summed E-state index contributed by atoms with van der Waals surface area (Å²) in [7, 11) is 0. The number of pyridine rings is 1. The minimum Gasteiger partial charge on any atom is -0.396 e. The fourth-order valence-electron chi connectivity index (χ4n) is 10.4. The molecular weight excluding hydrogens is 434 g/mol. The molecule has 35 heavy (non-hydrogen) atoms. The van der Waals surface area contributed by atoms with Gasteiger partial charge in [-0.1, -0.05) is 18.2 Å². The van der Waals surface area contributed by atoms with Crippen LogP contribution in [0.4, 0.5) is 11.5 Å². The number of benzene rings is 1. The average Bonchev–Trinajstić information content (AvgIpc) is 3.54. The number of hydrogen-bond acceptors (Lipinski definition) is 4. The van der Waals surface area contributed by atoms with Gasteiger partial charge in [0.1, 0.15) is 5.82 Å². The van der Waals surface area contributed by atoms with Gasteiger partial charge in [0.25, 0.3) is 0 Å². The molecule has 1 spiro atoms. The molecule has 2 unspecified atom stereocenters. The van der Waals surface area contributed by atoms with Crippen LogP contribution in [0.25, 0.3) is 10.9 Å². The Labute approximate surface area is 207 Å². The average molecular weight is 472 g/mol. The van der Waals surface area contributed by atoms with E-state index in [1.165, 1.54) is 57.8 Å². The first-order chi connectivity index (χ1) is 17.0. The number of carbonyl (C=O) groups excluding carboxylic acids is 1. The van der Waals surface area contributed by atoms with Crippen molar-refractivity contribution in [1.29, 1.82) is 0 Å². The Morgan fingerprint density at radius 1 is 1.03 bits per heavy atom. The number of nitrogens with zero attached hydrogens (tertiary/aromatic N) is 1. The molecule has 7 aliphatic rings. The molecule has 0 aliphatic heterocycles. The summed E-state index contributed by atoms with van der Waals surface area (Å²) in [4.78, 5) is 18.4. The van der Waals surface area contributed by atoms with Crippen LogP contribution < -0.4 is 10.6 Å². The highest BCUT2D eigenvalue weighted by atomic mass is 16.3. The minimum absolute atomic E-state index is 0.169. The molecule has 7 fully saturated rings. The summed E-state index contributed by atoms with van der Waals surface area (Å²) in [6, 6.07) is 10.5. The standard InChI is InChI=1S/C30H37N3O2/c34-16-21-22-5-6-30(22)14-23(30)28(21)33-26-10-25(20-3-1-2-4-24(20)31-26)32-27(35)15-29-11-17-7-18(12-29)9-19(8-17)13-29/h1-4,10,17-19,21-23,28,34H,5-9,11-16H2,(H2,31,32,33,35)/t17?,18?,19?,21-,22+,23+,28?,29?,30?/m1/s1. The smallest absolute Gasteiger partial charge is 0.224 e. The first-order valence-corrected chi connectivity index (χ1v) is 14.1. The van der Waals surface area contributed by atoms with Gasteiger partial charge in [-0.3, -0.25) is 4.79 Å². The molecule has 5 nitrogen and oxygen atoms in total. The number of aromatic nitrogens is 1. The molecule has 5 heteroatoms. The third kappa shape index (κ3) is 3.09. The van der Waals surface area contributed by atoms with E-state index >= 15 is 0 Å². The number of aliphatic hydroxyl groups excluding tert-OH is 1. The van der Waals surface area contributed by atoms with E-state index in [0.717, 1.165) is 40.2 Å². The van der Waals surface area contributed by atoms with Gasteiger partial charge in [-0.15, -0.1) is 0 Å². The lowest BCUT2D eigenvalue weighted by molar-refractivity contribution is -0.124. The number of fused-ring (bicyclic) bond motifs is 1. The lowest BCUT2D eigenvalue weighted by Gasteiger charge is -2.56. The maximum atomic E-state index is 13.5. The molecule has 2 aromatic rings. The van der Waals surface area contributed by atoms with Crippen molar-refractivity contribution in [2.24, 2.45) is 46.3 Å². The zero-order valence-corrected chi connectivity index (χ0v) is 20.5. The highest BCUT2D eigenvalue weighted by Gasteiger charge is 2.74. The Kier molecular flexibility index (Phi) is 4.33. The number of rotatable bonds is 6. The highest BCUT2D eigenvalue weighted by Crippen LogP contribution is 2.77. The topological polar surface area (TPSA) is 74.2 Å². The molecule has 0 saturated heterocycles. The first kappa shape index (κ1) is 21.0. The van der Waals surface area contributed by atoms with Crippen molar-refractivity contribution < 1.29 is 9.90 Å². The fourth-order valence-corrected chi connectivity index (χ4v) is 10.4. The van der Waals surface area contributed by atoms with Gasteiger partial charge in [-0.2, -0.15) is 0 Å². The van der Waals surface area contributed by atoms with Crippen molar-refractivity contribution in [3.05, 3.63) is 30.3 Å². The molecule has 1 amide bonds. The molecule has 3 N–H and O–H groups in total. The van der Waals surface area contributed by atoms with Crippen LogP contribution in [0.1, 0.15) is 64.2 Å². The lowest BCUT2D eigenvalue weighted by Crippen LogP contribution is -2.47. The Morgan fingerprint density at radius 3 is 2.46 bits per heavy atom. The molecule has 184 valence electrons. The zero-order valence-electron chi connectivity index (χ0n) is 20.5. The molecule has 9 rings (SSSR count). The SMILES string of the molecule is O=C(CC12CC3CC(CC(C3)C1)C2)Nc1cc(NC2[C@H](CO)[C@@H]3CCC34C[C@@H]24)nc2ccccc12. The van der Waals surface area contributed by atoms with Crippen molar-refractivity contribution in [2.75, 3.05) is 17.2 Å². The maximum Gasteiger partial charge on any atom is 0.224 e. The van der Waals surface area contributed by atoms with E-state index in [4.69, 9.17) is 4.98 Å². The van der Waals surface area contributed by atoms with Crippen LogP contribution in [0.2, 0.25) is 0 Å². The van der Waals surface area contributed by atoms with Crippen LogP contribution in [-0.2, 0) is 4.79 Å². The van der Waals surface area contributed by atoms with Crippen LogP contribution >= 0.6 is 0 Å². The van der Waals surface area contributed by atoms with Gasteiger partial charge in [0.2, 0.25) is 5.91 Å². The fraction of sp³-hybridized carbons (Fsp3) is 0.667. The van der Waals surface area contributed by atoms with E-state index in [1.807, 2.05) is 24.3 Å². The monoisotopic (exact) mass is 471 g/mol. The highest BCUT2D eigenvalue weighted by molar-refractivity contribution is 6.02. The molecule has 1 aromatic heterocycles. The van der Waals surface area contributed by atoms with E-state index in [9.17, 15) is 9.90 Å². The maximum absolute atomic E-state index is 13.5. The second-order valence-electron chi connectivity index (χ2n) is 13.4. The van der Waals surface area contributed by atoms with Gasteiger partial charge in [0, 0.05) is 36.4 Å². The van der Waals surface area contributed by atoms with Crippen LogP contribution in [0, 0.1) is 46.3 Å². The second-order valence-corrected chi connectivity index (χ2v) is 13.4. The summed E-state index contributed by atoms with van der Waals surface area (Å²) in [5.74, 6) is 5.25. The Morgan fingerprint density at radius 2 is 1.77 bits per heavy atom. The summed E-state index contributed by atoms with van der Waals surface area (Å²) in [6.07, 6.45) is 12.5. The van der Waals surface area contributed by atoms with Gasteiger partial charge >= 0.3 is 0 Å². The predicted octanol–water partition coefficient (Wildman–Crippen LogP) is 5.60. The third-order valence-electron chi connectivity index (χ3n) is 11.5. The number of nitrogens with one attached hydrogen (secondary N) is 2. The third-order valence-corrected chi connectivity index (χ3v) is 11.5. The van der Waals surface area contributed by atoms with E-state index in [2.05, 4.69) is 16.7 Å². The molecule has 7 aliphatic carbocycles. The molecule has 0 radical (unpaired) electrons. The number of carbonyl (C=O) groups is 1. The summed E-state index contributed by atoms with van der Waals surface area (Å²) >= 11 is 0. The molecule has 7 saturated carbocycles. The van der Waals surface area contributed by atoms with Crippen molar-refractivity contribution in [3.63, 3.8) is 0 Å². The van der Waals surface area contributed by atoms with Crippen LogP contribution in [-0.4, -0.2) is 28.6 Å². The summed E-state index contributed by atoms with van der Waals surface area (Å²) in [6.45, 7) is 0.253. The van der Waals surface area contributed by atoms with Gasteiger partial charge in [0.15, 0.2) is 0 Å². The van der Waals surface area contributed by atoms with E-state index < -0.39 is 0 Å². The van der Waals surface area contributed by atoms with Crippen LogP contribution in [0.5, 0.6) is 0 Å². The molecule has 1 aromatic carbocycles. The zero-order chi connectivity index (χ0) is 23.4. The van der Waals surface area contributed by atoms with Crippen molar-refractivity contribution in [3.8, 4) is 0 Å². The Bertz CT molecular complexity index is 1170. The van der Waals surface area contributed by atoms with E-state index in [0.29, 0.717) is 29.6 Å². The number of aliphatic hydroxyl groups is 1. The second kappa shape index (κ2) is 7.21. The summed E-state index contributed by atoms with van der Waals surface area (Å²) in [5, 5.41) is 18.2. The van der Waals surface area contributed by atoms with Crippen LogP contribution in [0.3, 0.4) is 0 Å². The van der Waals surface area contributed by atoms with Gasteiger partial charge < -0.3 is 15.7 Å². The molecule has 5 atom stereocenters. The van der Waals surface area contributed by atoms with E-state index in [1.54, 1.807) is 0 Å². The number of amides is 1. The summed E-state index contributed by atoms with van der Waals surface area (Å²) < 4.78 is 0. The van der Waals surface area contributed by atoms with Crippen molar-refractivity contribution >= 4 is 28.3 Å². The van der Waals surface area contributed by atoms with Gasteiger partial charge in [0.05, 0.1) is 11.2 Å². The molecular formula is C30H37N3O2. The van der Waals surface area contributed by atoms with Crippen molar-refractivity contribution in [2.45, 2.75) is 70.3 Å². The van der Waals surface area contributed by atoms with Crippen LogP contribution in [0.15, 0.2) is 30.3 Å². The minimum atomic E-state index is 0.169. The van der Waals surface area contributed by atoms with Gasteiger partial charge in [-0.05, 0) is 104 Å². The molecule has 4 bridgehead atoms. The van der Waals surface area contributed by atoms with E-state index in [-0.39, 0.29) is 24.0 Å². The number of hydrogen-bond donors (Lipinski definition) is 3. The van der Waals surface area contributed by atoms with Gasteiger partial charge in [-0.25, -0.2) is 4.98 Å². The van der Waals surface area contributed by atoms with Crippen molar-refractivity contribution in [1.82, 2.24) is 4.98 Å². The predicted molar refractivity (Wildman–Crippen MR) is 137 cm³/mol. The quantitative estimate of drug-likeness (QED) is 0.513. The lowest BCUT2D eigenvalue weighted by atomic mass is 9.49. The largest absolute Gasteiger partial charge is 0.396 e. The first-order valence-electron chi connectivity index (χ1n) is 14.1. The summed E-state index contributed by atoms with van der Waals surface area (Å²) in [5.41, 5.74) is 2.53. The number of para-hydroxylation sites is 1.